The highest BCUT2D eigenvalue weighted by Crippen LogP contribution is 2.57. The first-order valence-corrected chi connectivity index (χ1v) is 9.36. The van der Waals surface area contributed by atoms with Crippen LogP contribution in [-0.2, 0) is 23.2 Å². The van der Waals surface area contributed by atoms with Crippen LogP contribution >= 0.6 is 0 Å². The predicted octanol–water partition coefficient (Wildman–Crippen LogP) is 4.68. The molecule has 2 aliphatic rings. The van der Waals surface area contributed by atoms with E-state index in [1.54, 1.807) is 0 Å². The van der Waals surface area contributed by atoms with Crippen molar-refractivity contribution >= 4 is 5.97 Å². The third kappa shape index (κ3) is 2.31. The molecular formula is C24H20O3. The first kappa shape index (κ1) is 16.1. The van der Waals surface area contributed by atoms with Crippen molar-refractivity contribution in [1.82, 2.24) is 0 Å². The smallest absolute Gasteiger partial charge is 0.304 e. The molecule has 0 aromatic heterocycles. The van der Waals surface area contributed by atoms with Gasteiger partial charge in [0.15, 0.2) is 5.60 Å². The van der Waals surface area contributed by atoms with E-state index in [2.05, 4.69) is 36.4 Å². The largest absolute Gasteiger partial charge is 0.481 e. The number of benzene rings is 3. The molecule has 0 saturated heterocycles. The standard InChI is InChI=1S/C24H20O3/c25-23(26)15-21-18-9-3-6-12-22(18)27-24(21)19-10-4-1-7-16(19)13-14-17-8-2-5-11-20(17)24/h1-12,21H,13-15H2,(H,25,26)/t21-/m0/s1. The van der Waals surface area contributed by atoms with Crippen molar-refractivity contribution in [2.75, 3.05) is 0 Å². The monoisotopic (exact) mass is 356 g/mol. The molecule has 0 radical (unpaired) electrons. The Bertz CT molecular complexity index is 990. The summed E-state index contributed by atoms with van der Waals surface area (Å²) in [6.07, 6.45) is 1.88. The summed E-state index contributed by atoms with van der Waals surface area (Å²) in [5.41, 5.74) is 4.83. The van der Waals surface area contributed by atoms with Crippen molar-refractivity contribution in [3.05, 3.63) is 101 Å². The summed E-state index contributed by atoms with van der Waals surface area (Å²) in [4.78, 5) is 11.8. The number of para-hydroxylation sites is 1. The SMILES string of the molecule is O=C(O)C[C@H]1c2ccccc2OC12c1ccccc1CCc1ccccc12. The van der Waals surface area contributed by atoms with Gasteiger partial charge in [-0.05, 0) is 30.0 Å². The molecule has 0 saturated carbocycles. The molecule has 3 heteroatoms. The number of hydrogen-bond donors (Lipinski definition) is 1. The maximum absolute atomic E-state index is 11.8. The Morgan fingerprint density at radius 1 is 0.889 bits per heavy atom. The lowest BCUT2D eigenvalue weighted by molar-refractivity contribution is -0.138. The summed E-state index contributed by atoms with van der Waals surface area (Å²) in [5.74, 6) is -0.291. The topological polar surface area (TPSA) is 46.5 Å². The van der Waals surface area contributed by atoms with Gasteiger partial charge in [0, 0.05) is 22.6 Å². The zero-order valence-corrected chi connectivity index (χ0v) is 14.9. The van der Waals surface area contributed by atoms with Crippen molar-refractivity contribution in [3.63, 3.8) is 0 Å². The molecule has 1 heterocycles. The second kappa shape index (κ2) is 5.98. The molecular weight excluding hydrogens is 336 g/mol. The lowest BCUT2D eigenvalue weighted by Crippen LogP contribution is -2.38. The molecule has 0 amide bonds. The molecule has 5 rings (SSSR count). The Labute approximate surface area is 158 Å². The Morgan fingerprint density at radius 3 is 2.07 bits per heavy atom. The molecule has 3 nitrogen and oxygen atoms in total. The van der Waals surface area contributed by atoms with Crippen molar-refractivity contribution in [2.24, 2.45) is 0 Å². The molecule has 0 unspecified atom stereocenters. The summed E-state index contributed by atoms with van der Waals surface area (Å²) in [7, 11) is 0. The van der Waals surface area contributed by atoms with Gasteiger partial charge in [-0.3, -0.25) is 4.79 Å². The maximum atomic E-state index is 11.8. The van der Waals surface area contributed by atoms with Crippen molar-refractivity contribution in [3.8, 4) is 5.75 Å². The fourth-order valence-corrected chi connectivity index (χ4v) is 4.85. The number of carboxylic acids is 1. The number of hydrogen-bond acceptors (Lipinski definition) is 2. The highest BCUT2D eigenvalue weighted by Gasteiger charge is 2.54. The molecule has 1 atom stereocenters. The van der Waals surface area contributed by atoms with Crippen LogP contribution in [-0.4, -0.2) is 11.1 Å². The van der Waals surface area contributed by atoms with Crippen LogP contribution in [0.5, 0.6) is 5.75 Å². The molecule has 1 N–H and O–H groups in total. The van der Waals surface area contributed by atoms with Gasteiger partial charge >= 0.3 is 5.97 Å². The quantitative estimate of drug-likeness (QED) is 0.725. The minimum Gasteiger partial charge on any atom is -0.481 e. The van der Waals surface area contributed by atoms with Crippen LogP contribution < -0.4 is 4.74 Å². The molecule has 3 aromatic rings. The van der Waals surface area contributed by atoms with E-state index in [0.29, 0.717) is 0 Å². The van der Waals surface area contributed by atoms with Gasteiger partial charge in [-0.15, -0.1) is 0 Å². The minimum absolute atomic E-state index is 0.0275. The van der Waals surface area contributed by atoms with Crippen LogP contribution in [0, 0.1) is 0 Å². The van der Waals surface area contributed by atoms with Crippen molar-refractivity contribution < 1.29 is 14.6 Å². The lowest BCUT2D eigenvalue weighted by atomic mass is 9.71. The van der Waals surface area contributed by atoms with Gasteiger partial charge in [-0.1, -0.05) is 66.7 Å². The first-order chi connectivity index (χ1) is 13.2. The van der Waals surface area contributed by atoms with Crippen LogP contribution in [0.1, 0.15) is 40.2 Å². The normalized spacial score (nSPS) is 18.7. The maximum Gasteiger partial charge on any atom is 0.304 e. The number of carbonyl (C=O) groups is 1. The van der Waals surface area contributed by atoms with E-state index in [9.17, 15) is 9.90 Å². The van der Waals surface area contributed by atoms with Crippen molar-refractivity contribution in [2.45, 2.75) is 30.8 Å². The van der Waals surface area contributed by atoms with Crippen LogP contribution in [0.2, 0.25) is 0 Å². The van der Waals surface area contributed by atoms with Gasteiger partial charge in [0.1, 0.15) is 5.75 Å². The highest BCUT2D eigenvalue weighted by atomic mass is 16.5. The number of fused-ring (bicyclic) bond motifs is 5. The molecule has 1 spiro atoms. The first-order valence-electron chi connectivity index (χ1n) is 9.36. The Kier molecular flexibility index (Phi) is 3.57. The van der Waals surface area contributed by atoms with E-state index in [4.69, 9.17) is 4.74 Å². The van der Waals surface area contributed by atoms with Gasteiger partial charge in [0.05, 0.1) is 6.42 Å². The highest BCUT2D eigenvalue weighted by molar-refractivity contribution is 5.71. The third-order valence-electron chi connectivity index (χ3n) is 5.93. The molecule has 0 bridgehead atoms. The van der Waals surface area contributed by atoms with E-state index in [1.807, 2.05) is 36.4 Å². The Morgan fingerprint density at radius 2 is 1.44 bits per heavy atom. The number of ether oxygens (including phenoxy) is 1. The zero-order chi connectivity index (χ0) is 18.4. The van der Waals surface area contributed by atoms with Crippen LogP contribution in [0.3, 0.4) is 0 Å². The van der Waals surface area contributed by atoms with E-state index in [-0.39, 0.29) is 12.3 Å². The van der Waals surface area contributed by atoms with Crippen LogP contribution in [0.25, 0.3) is 0 Å². The summed E-state index contributed by atoms with van der Waals surface area (Å²) in [5, 5.41) is 9.72. The fraction of sp³-hybridized carbons (Fsp3) is 0.208. The van der Waals surface area contributed by atoms with Gasteiger partial charge in [0.25, 0.3) is 0 Å². The molecule has 1 aliphatic heterocycles. The van der Waals surface area contributed by atoms with Gasteiger partial charge in [0.2, 0.25) is 0 Å². The van der Waals surface area contributed by atoms with E-state index < -0.39 is 11.6 Å². The average molecular weight is 356 g/mol. The van der Waals surface area contributed by atoms with Gasteiger partial charge < -0.3 is 9.84 Å². The van der Waals surface area contributed by atoms with E-state index in [0.717, 1.165) is 35.3 Å². The Balaban J connectivity index is 1.85. The summed E-state index contributed by atoms with van der Waals surface area (Å²) in [6.45, 7) is 0. The number of aliphatic carboxylic acids is 1. The predicted molar refractivity (Wildman–Crippen MR) is 103 cm³/mol. The molecule has 3 aromatic carbocycles. The number of carboxylic acid groups (broad SMARTS) is 1. The molecule has 27 heavy (non-hydrogen) atoms. The minimum atomic E-state index is -0.807. The van der Waals surface area contributed by atoms with Gasteiger partial charge in [-0.2, -0.15) is 0 Å². The summed E-state index contributed by atoms with van der Waals surface area (Å²) < 4.78 is 6.72. The van der Waals surface area contributed by atoms with Gasteiger partial charge in [-0.25, -0.2) is 0 Å². The molecule has 134 valence electrons. The fourth-order valence-electron chi connectivity index (χ4n) is 4.85. The summed E-state index contributed by atoms with van der Waals surface area (Å²) >= 11 is 0. The lowest BCUT2D eigenvalue weighted by Gasteiger charge is -2.36. The van der Waals surface area contributed by atoms with E-state index >= 15 is 0 Å². The van der Waals surface area contributed by atoms with Crippen molar-refractivity contribution in [1.29, 1.82) is 0 Å². The second-order valence-corrected chi connectivity index (χ2v) is 7.34. The van der Waals surface area contributed by atoms with Crippen LogP contribution in [0.4, 0.5) is 0 Å². The second-order valence-electron chi connectivity index (χ2n) is 7.34. The Hall–Kier alpha value is -3.07. The molecule has 0 fully saturated rings. The summed E-state index contributed by atoms with van der Waals surface area (Å²) in [6, 6.07) is 24.5. The molecule has 1 aliphatic carbocycles. The number of aryl methyl sites for hydroxylation is 2. The zero-order valence-electron chi connectivity index (χ0n) is 14.9. The number of rotatable bonds is 2. The van der Waals surface area contributed by atoms with E-state index in [1.165, 1.54) is 11.1 Å². The van der Waals surface area contributed by atoms with Crippen LogP contribution in [0.15, 0.2) is 72.8 Å². The average Bonchev–Trinajstić information content (AvgIpc) is 2.93. The third-order valence-corrected chi connectivity index (χ3v) is 5.93.